The SMILES string of the molecule is COC(=O)CC1CCC(c2cc(N)n3nccc3n2)CC1. The molecule has 1 aliphatic carbocycles. The van der Waals surface area contributed by atoms with Crippen LogP contribution >= 0.6 is 0 Å². The predicted molar refractivity (Wildman–Crippen MR) is 78.7 cm³/mol. The molecule has 6 nitrogen and oxygen atoms in total. The van der Waals surface area contributed by atoms with Crippen molar-refractivity contribution in [3.63, 3.8) is 0 Å². The van der Waals surface area contributed by atoms with Crippen LogP contribution in [0.4, 0.5) is 5.82 Å². The number of nitrogen functional groups attached to an aromatic ring is 1. The van der Waals surface area contributed by atoms with Gasteiger partial charge in [-0.15, -0.1) is 0 Å². The molecule has 2 aromatic heterocycles. The van der Waals surface area contributed by atoms with Crippen molar-refractivity contribution in [1.29, 1.82) is 0 Å². The van der Waals surface area contributed by atoms with E-state index in [2.05, 4.69) is 10.1 Å². The zero-order valence-electron chi connectivity index (χ0n) is 12.2. The summed E-state index contributed by atoms with van der Waals surface area (Å²) in [7, 11) is 1.45. The Kier molecular flexibility index (Phi) is 3.77. The quantitative estimate of drug-likeness (QED) is 0.875. The maximum Gasteiger partial charge on any atom is 0.305 e. The number of hydrogen-bond donors (Lipinski definition) is 1. The van der Waals surface area contributed by atoms with Crippen molar-refractivity contribution >= 4 is 17.4 Å². The minimum atomic E-state index is -0.110. The van der Waals surface area contributed by atoms with Crippen molar-refractivity contribution in [3.05, 3.63) is 24.0 Å². The van der Waals surface area contributed by atoms with E-state index in [1.54, 1.807) is 10.7 Å². The highest BCUT2D eigenvalue weighted by atomic mass is 16.5. The molecule has 0 bridgehead atoms. The highest BCUT2D eigenvalue weighted by Crippen LogP contribution is 2.37. The Balaban J connectivity index is 1.69. The summed E-state index contributed by atoms with van der Waals surface area (Å²) in [4.78, 5) is 16.0. The highest BCUT2D eigenvalue weighted by molar-refractivity contribution is 5.69. The first kappa shape index (κ1) is 13.9. The fraction of sp³-hybridized carbons (Fsp3) is 0.533. The third-order valence-corrected chi connectivity index (χ3v) is 4.35. The molecule has 1 saturated carbocycles. The number of fused-ring (bicyclic) bond motifs is 1. The molecule has 1 aliphatic rings. The van der Waals surface area contributed by atoms with E-state index < -0.39 is 0 Å². The summed E-state index contributed by atoms with van der Waals surface area (Å²) in [6.45, 7) is 0. The largest absolute Gasteiger partial charge is 0.469 e. The van der Waals surface area contributed by atoms with E-state index in [1.165, 1.54) is 7.11 Å². The summed E-state index contributed by atoms with van der Waals surface area (Å²) < 4.78 is 6.39. The monoisotopic (exact) mass is 288 g/mol. The summed E-state index contributed by atoms with van der Waals surface area (Å²) >= 11 is 0. The fourth-order valence-corrected chi connectivity index (χ4v) is 3.15. The maximum atomic E-state index is 11.3. The summed E-state index contributed by atoms with van der Waals surface area (Å²) in [5.74, 6) is 1.36. The Morgan fingerprint density at radius 1 is 1.43 bits per heavy atom. The normalized spacial score (nSPS) is 22.3. The number of nitrogens with two attached hydrogens (primary N) is 1. The standard InChI is InChI=1S/C15H20N4O2/c1-21-15(20)8-10-2-4-11(5-3-10)12-9-13(16)19-14(18-12)6-7-17-19/h6-7,9-11H,2-5,8,16H2,1H3. The fourth-order valence-electron chi connectivity index (χ4n) is 3.15. The Labute approximate surface area is 123 Å². The lowest BCUT2D eigenvalue weighted by molar-refractivity contribution is -0.142. The zero-order chi connectivity index (χ0) is 14.8. The molecule has 0 atom stereocenters. The Hall–Kier alpha value is -2.11. The molecule has 6 heteroatoms. The van der Waals surface area contributed by atoms with Gasteiger partial charge in [-0.05, 0) is 31.6 Å². The topological polar surface area (TPSA) is 82.5 Å². The van der Waals surface area contributed by atoms with E-state index in [0.717, 1.165) is 37.0 Å². The van der Waals surface area contributed by atoms with Crippen molar-refractivity contribution < 1.29 is 9.53 Å². The molecule has 0 radical (unpaired) electrons. The number of esters is 1. The second-order valence-corrected chi connectivity index (χ2v) is 5.70. The Morgan fingerprint density at radius 3 is 2.90 bits per heavy atom. The molecule has 112 valence electrons. The van der Waals surface area contributed by atoms with Crippen molar-refractivity contribution in [2.24, 2.45) is 5.92 Å². The van der Waals surface area contributed by atoms with Gasteiger partial charge in [-0.2, -0.15) is 9.61 Å². The number of carbonyl (C=O) groups is 1. The molecule has 2 heterocycles. The lowest BCUT2D eigenvalue weighted by atomic mass is 9.79. The van der Waals surface area contributed by atoms with Gasteiger partial charge >= 0.3 is 5.97 Å². The van der Waals surface area contributed by atoms with E-state index >= 15 is 0 Å². The number of aromatic nitrogens is 3. The van der Waals surface area contributed by atoms with Gasteiger partial charge in [0.15, 0.2) is 5.65 Å². The number of rotatable bonds is 3. The first-order chi connectivity index (χ1) is 10.2. The molecule has 0 aliphatic heterocycles. The van der Waals surface area contributed by atoms with Crippen LogP contribution in [0.2, 0.25) is 0 Å². The van der Waals surface area contributed by atoms with E-state index in [0.29, 0.717) is 24.1 Å². The van der Waals surface area contributed by atoms with Crippen LogP contribution in [0.3, 0.4) is 0 Å². The molecule has 0 aromatic carbocycles. The number of anilines is 1. The molecule has 21 heavy (non-hydrogen) atoms. The van der Waals surface area contributed by atoms with Crippen LogP contribution in [-0.4, -0.2) is 27.7 Å². The lowest BCUT2D eigenvalue weighted by Crippen LogP contribution is -2.18. The van der Waals surface area contributed by atoms with E-state index in [1.807, 2.05) is 12.1 Å². The Morgan fingerprint density at radius 2 is 2.19 bits per heavy atom. The molecule has 0 spiro atoms. The molecular formula is C15H20N4O2. The second-order valence-electron chi connectivity index (χ2n) is 5.70. The highest BCUT2D eigenvalue weighted by Gasteiger charge is 2.25. The maximum absolute atomic E-state index is 11.3. The molecule has 3 rings (SSSR count). The number of methoxy groups -OCH3 is 1. The van der Waals surface area contributed by atoms with E-state index in [4.69, 9.17) is 10.5 Å². The second kappa shape index (κ2) is 5.71. The van der Waals surface area contributed by atoms with Crippen LogP contribution in [0.5, 0.6) is 0 Å². The third kappa shape index (κ3) is 2.84. The van der Waals surface area contributed by atoms with Gasteiger partial charge in [0.2, 0.25) is 0 Å². The van der Waals surface area contributed by atoms with Gasteiger partial charge in [-0.25, -0.2) is 4.98 Å². The van der Waals surface area contributed by atoms with Gasteiger partial charge in [0.25, 0.3) is 0 Å². The number of ether oxygens (including phenoxy) is 1. The summed E-state index contributed by atoms with van der Waals surface area (Å²) in [5.41, 5.74) is 7.85. The molecule has 0 amide bonds. The molecule has 1 fully saturated rings. The molecular weight excluding hydrogens is 268 g/mol. The minimum absolute atomic E-state index is 0.110. The van der Waals surface area contributed by atoms with Crippen molar-refractivity contribution in [2.45, 2.75) is 38.0 Å². The van der Waals surface area contributed by atoms with E-state index in [-0.39, 0.29) is 5.97 Å². The number of nitrogens with zero attached hydrogens (tertiary/aromatic N) is 3. The average molecular weight is 288 g/mol. The average Bonchev–Trinajstić information content (AvgIpc) is 2.97. The summed E-state index contributed by atoms with van der Waals surface area (Å²) in [6, 6.07) is 3.79. The van der Waals surface area contributed by atoms with Crippen LogP contribution in [0.25, 0.3) is 5.65 Å². The molecule has 0 saturated heterocycles. The van der Waals surface area contributed by atoms with Crippen LogP contribution in [0, 0.1) is 5.92 Å². The molecule has 0 unspecified atom stereocenters. The summed E-state index contributed by atoms with van der Waals surface area (Å²) in [5, 5.41) is 4.14. The van der Waals surface area contributed by atoms with Crippen LogP contribution < -0.4 is 5.73 Å². The van der Waals surface area contributed by atoms with Crippen LogP contribution in [0.15, 0.2) is 18.3 Å². The van der Waals surface area contributed by atoms with Crippen molar-refractivity contribution in [3.8, 4) is 0 Å². The summed E-state index contributed by atoms with van der Waals surface area (Å²) in [6.07, 6.45) is 6.38. The third-order valence-electron chi connectivity index (χ3n) is 4.35. The van der Waals surface area contributed by atoms with Gasteiger partial charge in [-0.1, -0.05) is 0 Å². The first-order valence-corrected chi connectivity index (χ1v) is 7.34. The van der Waals surface area contributed by atoms with Gasteiger partial charge in [0, 0.05) is 30.2 Å². The lowest BCUT2D eigenvalue weighted by Gasteiger charge is -2.27. The first-order valence-electron chi connectivity index (χ1n) is 7.34. The number of hydrogen-bond acceptors (Lipinski definition) is 5. The molecule has 2 N–H and O–H groups in total. The van der Waals surface area contributed by atoms with Crippen molar-refractivity contribution in [2.75, 3.05) is 12.8 Å². The zero-order valence-corrected chi connectivity index (χ0v) is 12.2. The van der Waals surface area contributed by atoms with Gasteiger partial charge in [-0.3, -0.25) is 4.79 Å². The van der Waals surface area contributed by atoms with Gasteiger partial charge < -0.3 is 10.5 Å². The van der Waals surface area contributed by atoms with Crippen LogP contribution in [0.1, 0.15) is 43.7 Å². The van der Waals surface area contributed by atoms with Crippen LogP contribution in [-0.2, 0) is 9.53 Å². The predicted octanol–water partition coefficient (Wildman–Crippen LogP) is 2.15. The van der Waals surface area contributed by atoms with E-state index in [9.17, 15) is 4.79 Å². The smallest absolute Gasteiger partial charge is 0.305 e. The van der Waals surface area contributed by atoms with Crippen molar-refractivity contribution in [1.82, 2.24) is 14.6 Å². The number of carbonyl (C=O) groups excluding carboxylic acids is 1. The van der Waals surface area contributed by atoms with Gasteiger partial charge in [0.1, 0.15) is 5.82 Å². The van der Waals surface area contributed by atoms with Gasteiger partial charge in [0.05, 0.1) is 13.3 Å². The Bertz CT molecular complexity index is 644. The molecule has 2 aromatic rings. The minimum Gasteiger partial charge on any atom is -0.469 e.